The number of rotatable bonds is 5. The van der Waals surface area contributed by atoms with Crippen LogP contribution in [0.15, 0.2) is 24.7 Å². The van der Waals surface area contributed by atoms with Crippen LogP contribution in [0.4, 0.5) is 0 Å². The van der Waals surface area contributed by atoms with Crippen molar-refractivity contribution in [1.82, 2.24) is 29.6 Å². The van der Waals surface area contributed by atoms with Gasteiger partial charge in [-0.15, -0.1) is 0 Å². The van der Waals surface area contributed by atoms with Crippen LogP contribution in [0.25, 0.3) is 11.2 Å². The minimum absolute atomic E-state index is 0.0975. The third-order valence-corrected chi connectivity index (χ3v) is 4.98. The lowest BCUT2D eigenvalue weighted by atomic mass is 10.1. The molecule has 130 valence electrons. The second-order valence-electron chi connectivity index (χ2n) is 7.19. The molecule has 1 saturated carbocycles. The minimum Gasteiger partial charge on any atom is -0.351 e. The zero-order valence-electron chi connectivity index (χ0n) is 14.8. The number of nitrogens with one attached hydrogen (secondary N) is 1. The van der Waals surface area contributed by atoms with E-state index in [1.54, 1.807) is 18.6 Å². The maximum Gasteiger partial charge on any atom is 0.252 e. The lowest BCUT2D eigenvalue weighted by Gasteiger charge is -2.17. The van der Waals surface area contributed by atoms with Crippen LogP contribution in [0.5, 0.6) is 0 Å². The maximum absolute atomic E-state index is 12.5. The van der Waals surface area contributed by atoms with Crippen molar-refractivity contribution in [3.05, 3.63) is 41.6 Å². The summed E-state index contributed by atoms with van der Waals surface area (Å²) < 4.78 is 3.89. The van der Waals surface area contributed by atoms with Gasteiger partial charge in [0.1, 0.15) is 5.52 Å². The van der Waals surface area contributed by atoms with Crippen LogP contribution in [-0.2, 0) is 13.6 Å². The van der Waals surface area contributed by atoms with E-state index in [0.29, 0.717) is 12.1 Å². The number of hydrogen-bond acceptors (Lipinski definition) is 4. The molecule has 0 unspecified atom stereocenters. The number of aromatic nitrogens is 5. The summed E-state index contributed by atoms with van der Waals surface area (Å²) in [7, 11) is 1.89. The van der Waals surface area contributed by atoms with Gasteiger partial charge in [0.05, 0.1) is 17.6 Å². The highest BCUT2D eigenvalue weighted by Crippen LogP contribution is 2.46. The van der Waals surface area contributed by atoms with E-state index < -0.39 is 0 Å². The molecule has 3 heterocycles. The van der Waals surface area contributed by atoms with Crippen molar-refractivity contribution in [2.24, 2.45) is 12.5 Å². The molecular formula is C18H22N6O. The number of aryl methyl sites for hydroxylation is 3. The maximum atomic E-state index is 12.5. The van der Waals surface area contributed by atoms with E-state index in [1.165, 1.54) is 5.69 Å². The molecule has 4 rings (SSSR count). The molecule has 3 aromatic rings. The molecule has 1 aliphatic carbocycles. The Bertz CT molecular complexity index is 950. The highest BCUT2D eigenvalue weighted by molar-refractivity contribution is 5.96. The van der Waals surface area contributed by atoms with Crippen LogP contribution in [0.3, 0.4) is 0 Å². The lowest BCUT2D eigenvalue weighted by Crippen LogP contribution is -2.32. The molecule has 0 bridgehead atoms. The zero-order valence-corrected chi connectivity index (χ0v) is 14.8. The summed E-state index contributed by atoms with van der Waals surface area (Å²) in [4.78, 5) is 21.1. The predicted octanol–water partition coefficient (Wildman–Crippen LogP) is 1.99. The average Bonchev–Trinajstić information content (AvgIpc) is 3.15. The zero-order chi connectivity index (χ0) is 17.6. The molecule has 0 aliphatic heterocycles. The van der Waals surface area contributed by atoms with Crippen LogP contribution in [0, 0.1) is 19.3 Å². The van der Waals surface area contributed by atoms with Crippen LogP contribution in [0.1, 0.15) is 34.6 Å². The van der Waals surface area contributed by atoms with Gasteiger partial charge in [0.2, 0.25) is 0 Å². The van der Waals surface area contributed by atoms with E-state index in [0.717, 1.165) is 36.2 Å². The molecule has 7 nitrogen and oxygen atoms in total. The van der Waals surface area contributed by atoms with E-state index in [-0.39, 0.29) is 11.3 Å². The van der Waals surface area contributed by atoms with Crippen molar-refractivity contribution in [3.8, 4) is 0 Å². The van der Waals surface area contributed by atoms with Gasteiger partial charge in [-0.3, -0.25) is 9.48 Å². The smallest absolute Gasteiger partial charge is 0.252 e. The monoisotopic (exact) mass is 338 g/mol. The standard InChI is InChI=1S/C18H22N6O/c1-12-6-13(2)24(22-12)10-18(4-5-18)9-20-17(25)14-7-15-16(19-8-14)23(3)11-21-15/h6-8,11H,4-5,9-10H2,1-3H3,(H,20,25). The number of carbonyl (C=O) groups is 1. The van der Waals surface area contributed by atoms with E-state index in [1.807, 2.05) is 18.5 Å². The first-order chi connectivity index (χ1) is 12.0. The third kappa shape index (κ3) is 3.01. The molecule has 1 aliphatic rings. The van der Waals surface area contributed by atoms with Gasteiger partial charge in [-0.1, -0.05) is 0 Å². The van der Waals surface area contributed by atoms with E-state index >= 15 is 0 Å². The molecule has 0 aromatic carbocycles. The molecular weight excluding hydrogens is 316 g/mol. The summed E-state index contributed by atoms with van der Waals surface area (Å²) in [6, 6.07) is 3.88. The van der Waals surface area contributed by atoms with E-state index in [2.05, 4.69) is 38.1 Å². The molecule has 0 radical (unpaired) electrons. The van der Waals surface area contributed by atoms with Crippen molar-refractivity contribution >= 4 is 17.1 Å². The fourth-order valence-corrected chi connectivity index (χ4v) is 3.23. The normalized spacial score (nSPS) is 15.5. The molecule has 1 N–H and O–H groups in total. The Hall–Kier alpha value is -2.70. The van der Waals surface area contributed by atoms with Gasteiger partial charge in [-0.25, -0.2) is 9.97 Å². The van der Waals surface area contributed by atoms with Gasteiger partial charge < -0.3 is 9.88 Å². The largest absolute Gasteiger partial charge is 0.351 e. The Morgan fingerprint density at radius 1 is 1.28 bits per heavy atom. The van der Waals surface area contributed by atoms with E-state index in [4.69, 9.17) is 0 Å². The number of imidazole rings is 1. The quantitative estimate of drug-likeness (QED) is 0.772. The van der Waals surface area contributed by atoms with Crippen molar-refractivity contribution in [3.63, 3.8) is 0 Å². The van der Waals surface area contributed by atoms with Gasteiger partial charge in [-0.2, -0.15) is 5.10 Å². The number of carbonyl (C=O) groups excluding carboxylic acids is 1. The third-order valence-electron chi connectivity index (χ3n) is 4.98. The average molecular weight is 338 g/mol. The van der Waals surface area contributed by atoms with Gasteiger partial charge in [0.15, 0.2) is 5.65 Å². The van der Waals surface area contributed by atoms with Crippen LogP contribution in [0.2, 0.25) is 0 Å². The number of hydrogen-bond donors (Lipinski definition) is 1. The van der Waals surface area contributed by atoms with Gasteiger partial charge in [-0.05, 0) is 38.8 Å². The summed E-state index contributed by atoms with van der Waals surface area (Å²) >= 11 is 0. The first kappa shape index (κ1) is 15.8. The molecule has 0 atom stereocenters. The SMILES string of the molecule is Cc1cc(C)n(CC2(CNC(=O)c3cnc4c(c3)ncn4C)CC2)n1. The predicted molar refractivity (Wildman–Crippen MR) is 94.2 cm³/mol. The summed E-state index contributed by atoms with van der Waals surface area (Å²) in [5.74, 6) is -0.0975. The fourth-order valence-electron chi connectivity index (χ4n) is 3.23. The van der Waals surface area contributed by atoms with Crippen LogP contribution < -0.4 is 5.32 Å². The van der Waals surface area contributed by atoms with Gasteiger partial charge in [0, 0.05) is 37.4 Å². The van der Waals surface area contributed by atoms with E-state index in [9.17, 15) is 4.79 Å². The Labute approximate surface area is 146 Å². The van der Waals surface area contributed by atoms with Gasteiger partial charge in [0.25, 0.3) is 5.91 Å². The first-order valence-electron chi connectivity index (χ1n) is 8.52. The molecule has 0 spiro atoms. The lowest BCUT2D eigenvalue weighted by molar-refractivity contribution is 0.0942. The molecule has 0 saturated heterocycles. The highest BCUT2D eigenvalue weighted by atomic mass is 16.1. The number of pyridine rings is 1. The summed E-state index contributed by atoms with van der Waals surface area (Å²) in [5.41, 5.74) is 4.39. The Morgan fingerprint density at radius 3 is 2.76 bits per heavy atom. The van der Waals surface area contributed by atoms with Crippen LogP contribution in [-0.4, -0.2) is 36.8 Å². The number of amides is 1. The second kappa shape index (κ2) is 5.68. The van der Waals surface area contributed by atoms with Crippen molar-refractivity contribution in [2.75, 3.05) is 6.54 Å². The summed E-state index contributed by atoms with van der Waals surface area (Å²) in [6.45, 7) is 5.59. The Balaban J connectivity index is 1.43. The fraction of sp³-hybridized carbons (Fsp3) is 0.444. The van der Waals surface area contributed by atoms with Crippen LogP contribution >= 0.6 is 0 Å². The molecule has 7 heteroatoms. The minimum atomic E-state index is -0.0975. The molecule has 1 amide bonds. The number of fused-ring (bicyclic) bond motifs is 1. The summed E-state index contributed by atoms with van der Waals surface area (Å²) in [6.07, 6.45) is 5.54. The summed E-state index contributed by atoms with van der Waals surface area (Å²) in [5, 5.41) is 7.61. The van der Waals surface area contributed by atoms with Gasteiger partial charge >= 0.3 is 0 Å². The molecule has 1 fully saturated rings. The Kier molecular flexibility index (Phi) is 3.59. The second-order valence-corrected chi connectivity index (χ2v) is 7.19. The first-order valence-corrected chi connectivity index (χ1v) is 8.52. The highest BCUT2D eigenvalue weighted by Gasteiger charge is 2.43. The number of nitrogens with zero attached hydrogens (tertiary/aromatic N) is 5. The van der Waals surface area contributed by atoms with Crippen molar-refractivity contribution < 1.29 is 4.79 Å². The van der Waals surface area contributed by atoms with Crippen molar-refractivity contribution in [1.29, 1.82) is 0 Å². The molecule has 25 heavy (non-hydrogen) atoms. The van der Waals surface area contributed by atoms with Crippen molar-refractivity contribution in [2.45, 2.75) is 33.2 Å². The Morgan fingerprint density at radius 2 is 2.08 bits per heavy atom. The molecule has 3 aromatic heterocycles. The topological polar surface area (TPSA) is 77.6 Å².